The van der Waals surface area contributed by atoms with Crippen molar-refractivity contribution in [3.05, 3.63) is 28.3 Å². The zero-order valence-electron chi connectivity index (χ0n) is 10.1. The highest BCUT2D eigenvalue weighted by Crippen LogP contribution is 2.39. The molecule has 1 N–H and O–H groups in total. The van der Waals surface area contributed by atoms with Crippen LogP contribution < -0.4 is 5.32 Å². The second-order valence-electron chi connectivity index (χ2n) is 5.20. The average Bonchev–Trinajstić information content (AvgIpc) is 3.09. The highest BCUT2D eigenvalue weighted by molar-refractivity contribution is 6.34. The van der Waals surface area contributed by atoms with Gasteiger partial charge in [0, 0.05) is 17.2 Å². The van der Waals surface area contributed by atoms with Gasteiger partial charge in [0.1, 0.15) is 0 Å². The van der Waals surface area contributed by atoms with E-state index in [4.69, 9.17) is 11.6 Å². The molecule has 0 aromatic heterocycles. The number of fused-ring (bicyclic) bond motifs is 1. The number of ketones is 1. The summed E-state index contributed by atoms with van der Waals surface area (Å²) in [5.41, 5.74) is 2.17. The minimum atomic E-state index is -0.0408. The maximum atomic E-state index is 12.3. The molecule has 94 valence electrons. The topological polar surface area (TPSA) is 46.2 Å². The highest BCUT2D eigenvalue weighted by Gasteiger charge is 2.34. The summed E-state index contributed by atoms with van der Waals surface area (Å²) in [6.07, 6.45) is 2.61. The van der Waals surface area contributed by atoms with E-state index < -0.39 is 0 Å². The van der Waals surface area contributed by atoms with Gasteiger partial charge < -0.3 is 5.32 Å². The Morgan fingerprint density at radius 1 is 1.44 bits per heavy atom. The average molecular weight is 264 g/mol. The molecule has 2 aliphatic rings. The standard InChI is InChI=1S/C14H14ClNO2/c1-7(8-2-3-8)14(18)10-4-9-5-13(17)16-12(9)6-11(10)15/h4,6-8H,2-3,5H2,1H3,(H,16,17). The zero-order chi connectivity index (χ0) is 12.9. The Bertz CT molecular complexity index is 549. The molecule has 3 nitrogen and oxygen atoms in total. The normalized spacial score (nSPS) is 19.3. The van der Waals surface area contributed by atoms with Crippen LogP contribution in [0.4, 0.5) is 5.69 Å². The van der Waals surface area contributed by atoms with E-state index in [1.54, 1.807) is 12.1 Å². The number of carbonyl (C=O) groups is 2. The summed E-state index contributed by atoms with van der Waals surface area (Å²) in [7, 11) is 0. The lowest BCUT2D eigenvalue weighted by molar-refractivity contribution is -0.115. The highest BCUT2D eigenvalue weighted by atomic mass is 35.5. The van der Waals surface area contributed by atoms with Crippen LogP contribution in [-0.4, -0.2) is 11.7 Å². The second-order valence-corrected chi connectivity index (χ2v) is 5.61. The van der Waals surface area contributed by atoms with E-state index in [-0.39, 0.29) is 17.6 Å². The lowest BCUT2D eigenvalue weighted by atomic mass is 9.93. The monoisotopic (exact) mass is 263 g/mol. The first kappa shape index (κ1) is 11.7. The lowest BCUT2D eigenvalue weighted by Gasteiger charge is -2.11. The molecule has 18 heavy (non-hydrogen) atoms. The van der Waals surface area contributed by atoms with Gasteiger partial charge >= 0.3 is 0 Å². The van der Waals surface area contributed by atoms with Crippen molar-refractivity contribution in [2.24, 2.45) is 11.8 Å². The molecule has 1 aliphatic heterocycles. The fraction of sp³-hybridized carbons (Fsp3) is 0.429. The fourth-order valence-electron chi connectivity index (χ4n) is 2.49. The molecule has 0 radical (unpaired) electrons. The van der Waals surface area contributed by atoms with Crippen LogP contribution in [0.1, 0.15) is 35.7 Å². The van der Waals surface area contributed by atoms with Crippen molar-refractivity contribution >= 4 is 29.0 Å². The van der Waals surface area contributed by atoms with Gasteiger partial charge in [-0.3, -0.25) is 9.59 Å². The van der Waals surface area contributed by atoms with Gasteiger partial charge in [0.15, 0.2) is 5.78 Å². The van der Waals surface area contributed by atoms with Gasteiger partial charge in [-0.25, -0.2) is 0 Å². The Balaban J connectivity index is 1.95. The van der Waals surface area contributed by atoms with Gasteiger partial charge in [-0.15, -0.1) is 0 Å². The number of carbonyl (C=O) groups excluding carboxylic acids is 2. The Morgan fingerprint density at radius 2 is 2.17 bits per heavy atom. The molecular weight excluding hydrogens is 250 g/mol. The molecule has 3 rings (SSSR count). The summed E-state index contributed by atoms with van der Waals surface area (Å²) in [4.78, 5) is 23.6. The molecule has 1 aromatic carbocycles. The predicted molar refractivity (Wildman–Crippen MR) is 70.0 cm³/mol. The lowest BCUT2D eigenvalue weighted by Crippen LogP contribution is -2.14. The Morgan fingerprint density at radius 3 is 2.83 bits per heavy atom. The number of Topliss-reactive ketones (excluding diaryl/α,β-unsaturated/α-hetero) is 1. The minimum absolute atomic E-state index is 0.0330. The van der Waals surface area contributed by atoms with Crippen LogP contribution in [0.15, 0.2) is 12.1 Å². The predicted octanol–water partition coefficient (Wildman–Crippen LogP) is 3.06. The summed E-state index contributed by atoms with van der Waals surface area (Å²) < 4.78 is 0. The van der Waals surface area contributed by atoms with E-state index in [2.05, 4.69) is 5.32 Å². The van der Waals surface area contributed by atoms with Gasteiger partial charge in [0.25, 0.3) is 0 Å². The van der Waals surface area contributed by atoms with E-state index in [1.807, 2.05) is 6.92 Å². The van der Waals surface area contributed by atoms with Gasteiger partial charge in [-0.05, 0) is 36.5 Å². The van der Waals surface area contributed by atoms with E-state index in [0.29, 0.717) is 22.9 Å². The van der Waals surface area contributed by atoms with Crippen molar-refractivity contribution < 1.29 is 9.59 Å². The maximum Gasteiger partial charge on any atom is 0.228 e. The molecule has 1 heterocycles. The van der Waals surface area contributed by atoms with E-state index in [9.17, 15) is 9.59 Å². The summed E-state index contributed by atoms with van der Waals surface area (Å²) in [5.74, 6) is 0.609. The minimum Gasteiger partial charge on any atom is -0.325 e. The van der Waals surface area contributed by atoms with Gasteiger partial charge in [0.05, 0.1) is 11.4 Å². The molecule has 0 saturated heterocycles. The third-order valence-electron chi connectivity index (χ3n) is 3.83. The molecular formula is C14H14ClNO2. The molecule has 0 spiro atoms. The quantitative estimate of drug-likeness (QED) is 0.852. The number of benzene rings is 1. The smallest absolute Gasteiger partial charge is 0.228 e. The third-order valence-corrected chi connectivity index (χ3v) is 4.14. The van der Waals surface area contributed by atoms with E-state index >= 15 is 0 Å². The molecule has 1 amide bonds. The number of nitrogens with one attached hydrogen (secondary N) is 1. The number of amides is 1. The van der Waals surface area contributed by atoms with Crippen LogP contribution in [-0.2, 0) is 11.2 Å². The second kappa shape index (κ2) is 4.09. The van der Waals surface area contributed by atoms with E-state index in [1.165, 1.54) is 0 Å². The van der Waals surface area contributed by atoms with Gasteiger partial charge in [-0.1, -0.05) is 18.5 Å². The number of rotatable bonds is 3. The third kappa shape index (κ3) is 1.93. The van der Waals surface area contributed by atoms with Crippen LogP contribution in [0, 0.1) is 11.8 Å². The van der Waals surface area contributed by atoms with Crippen LogP contribution in [0.25, 0.3) is 0 Å². The molecule has 0 bridgehead atoms. The Labute approximate surface area is 111 Å². The summed E-state index contributed by atoms with van der Waals surface area (Å²) >= 11 is 6.15. The van der Waals surface area contributed by atoms with Crippen LogP contribution in [0.5, 0.6) is 0 Å². The first-order valence-electron chi connectivity index (χ1n) is 6.22. The molecule has 1 atom stereocenters. The fourth-order valence-corrected chi connectivity index (χ4v) is 2.75. The van der Waals surface area contributed by atoms with Crippen LogP contribution in [0.2, 0.25) is 5.02 Å². The number of anilines is 1. The molecule has 1 aliphatic carbocycles. The SMILES string of the molecule is CC(C(=O)c1cc2c(cc1Cl)NC(=O)C2)C1CC1. The summed E-state index contributed by atoms with van der Waals surface area (Å²) in [6.45, 7) is 1.97. The van der Waals surface area contributed by atoms with Gasteiger partial charge in [-0.2, -0.15) is 0 Å². The summed E-state index contributed by atoms with van der Waals surface area (Å²) in [5, 5.41) is 3.17. The first-order valence-corrected chi connectivity index (χ1v) is 6.60. The van der Waals surface area contributed by atoms with Crippen molar-refractivity contribution in [3.63, 3.8) is 0 Å². The first-order chi connectivity index (χ1) is 8.56. The molecule has 1 unspecified atom stereocenters. The number of halogens is 1. The number of hydrogen-bond acceptors (Lipinski definition) is 2. The van der Waals surface area contributed by atoms with E-state index in [0.717, 1.165) is 24.1 Å². The molecule has 1 saturated carbocycles. The van der Waals surface area contributed by atoms with Crippen molar-refractivity contribution in [1.29, 1.82) is 0 Å². The number of hydrogen-bond donors (Lipinski definition) is 1. The summed E-state index contributed by atoms with van der Waals surface area (Å²) in [6, 6.07) is 3.46. The molecule has 4 heteroatoms. The van der Waals surface area contributed by atoms with Gasteiger partial charge in [0.2, 0.25) is 5.91 Å². The maximum absolute atomic E-state index is 12.3. The Kier molecular flexibility index (Phi) is 2.67. The largest absolute Gasteiger partial charge is 0.325 e. The van der Waals surface area contributed by atoms with Crippen molar-refractivity contribution in [3.8, 4) is 0 Å². The Hall–Kier alpha value is -1.35. The zero-order valence-corrected chi connectivity index (χ0v) is 10.9. The van der Waals surface area contributed by atoms with Crippen molar-refractivity contribution in [2.45, 2.75) is 26.2 Å². The van der Waals surface area contributed by atoms with Crippen LogP contribution >= 0.6 is 11.6 Å². The van der Waals surface area contributed by atoms with Crippen molar-refractivity contribution in [1.82, 2.24) is 0 Å². The molecule has 1 aromatic rings. The van der Waals surface area contributed by atoms with Crippen molar-refractivity contribution in [2.75, 3.05) is 5.32 Å². The van der Waals surface area contributed by atoms with Crippen LogP contribution in [0.3, 0.4) is 0 Å². The molecule has 1 fully saturated rings.